The second-order valence-corrected chi connectivity index (χ2v) is 3.49. The summed E-state index contributed by atoms with van der Waals surface area (Å²) in [7, 11) is 3.22. The number of likely N-dealkylation sites (N-methyl/N-ethyl adjacent to an activating group) is 1. The smallest absolute Gasteiger partial charge is 0.168 e. The molecule has 0 spiro atoms. The van der Waals surface area contributed by atoms with Gasteiger partial charge in [0, 0.05) is 33.3 Å². The van der Waals surface area contributed by atoms with Crippen LogP contribution in [0, 0.1) is 11.6 Å². The first-order chi connectivity index (χ1) is 8.10. The molecule has 0 bridgehead atoms. The Morgan fingerprint density at radius 3 is 2.71 bits per heavy atom. The Hall–Kier alpha value is -1.43. The lowest BCUT2D eigenvalue weighted by Gasteiger charge is -2.19. The first kappa shape index (κ1) is 13.6. The maximum absolute atomic E-state index is 13.5. The van der Waals surface area contributed by atoms with E-state index >= 15 is 0 Å². The van der Waals surface area contributed by atoms with Gasteiger partial charge >= 0.3 is 0 Å². The molecule has 0 atom stereocenters. The van der Waals surface area contributed by atoms with Gasteiger partial charge in [-0.05, 0) is 6.92 Å². The first-order valence-corrected chi connectivity index (χ1v) is 5.42. The largest absolute Gasteiger partial charge is 0.380 e. The summed E-state index contributed by atoms with van der Waals surface area (Å²) < 4.78 is 31.9. The number of anilines is 2. The number of nitrogens with zero attached hydrogens (tertiary/aromatic N) is 2. The van der Waals surface area contributed by atoms with Crippen molar-refractivity contribution in [1.29, 1.82) is 0 Å². The Labute approximate surface area is 99.6 Å². The molecule has 6 heteroatoms. The van der Waals surface area contributed by atoms with Gasteiger partial charge in [0.1, 0.15) is 0 Å². The van der Waals surface area contributed by atoms with E-state index in [0.29, 0.717) is 19.8 Å². The number of nitrogens with one attached hydrogen (secondary N) is 1. The Morgan fingerprint density at radius 1 is 1.41 bits per heavy atom. The van der Waals surface area contributed by atoms with Crippen LogP contribution >= 0.6 is 0 Å². The van der Waals surface area contributed by atoms with Crippen LogP contribution in [0.2, 0.25) is 0 Å². The van der Waals surface area contributed by atoms with Gasteiger partial charge in [0.2, 0.25) is 0 Å². The van der Waals surface area contributed by atoms with E-state index in [9.17, 15) is 8.78 Å². The van der Waals surface area contributed by atoms with Crippen LogP contribution in [-0.2, 0) is 4.74 Å². The van der Waals surface area contributed by atoms with Gasteiger partial charge in [-0.2, -0.15) is 0 Å². The van der Waals surface area contributed by atoms with E-state index in [0.717, 1.165) is 6.07 Å². The summed E-state index contributed by atoms with van der Waals surface area (Å²) in [6.07, 6.45) is 0. The molecule has 0 radical (unpaired) electrons. The van der Waals surface area contributed by atoms with Gasteiger partial charge in [-0.15, -0.1) is 0 Å². The molecule has 1 heterocycles. The molecule has 96 valence electrons. The second-order valence-electron chi connectivity index (χ2n) is 3.49. The minimum Gasteiger partial charge on any atom is -0.380 e. The molecule has 0 saturated heterocycles. The topological polar surface area (TPSA) is 37.4 Å². The highest BCUT2D eigenvalue weighted by molar-refractivity contribution is 5.48. The predicted octanol–water partition coefficient (Wildman–Crippen LogP) is 1.87. The summed E-state index contributed by atoms with van der Waals surface area (Å²) in [5, 5.41) is 2.57. The monoisotopic (exact) mass is 245 g/mol. The number of hydrogen-bond donors (Lipinski definition) is 1. The Bertz CT molecular complexity index is 374. The SMILES string of the molecule is CCOCCN(C)c1nc(NC)c(F)cc1F. The van der Waals surface area contributed by atoms with Crippen molar-refractivity contribution >= 4 is 11.6 Å². The number of rotatable bonds is 6. The molecule has 0 aliphatic rings. The lowest BCUT2D eigenvalue weighted by atomic mass is 10.3. The van der Waals surface area contributed by atoms with Crippen LogP contribution in [0.4, 0.5) is 20.4 Å². The van der Waals surface area contributed by atoms with E-state index in [-0.39, 0.29) is 11.6 Å². The van der Waals surface area contributed by atoms with Crippen molar-refractivity contribution < 1.29 is 13.5 Å². The van der Waals surface area contributed by atoms with E-state index in [4.69, 9.17) is 4.74 Å². The molecule has 1 rings (SSSR count). The van der Waals surface area contributed by atoms with Gasteiger partial charge in [-0.25, -0.2) is 13.8 Å². The fourth-order valence-electron chi connectivity index (χ4n) is 1.35. The normalized spacial score (nSPS) is 10.4. The third-order valence-corrected chi connectivity index (χ3v) is 2.28. The molecule has 0 aliphatic carbocycles. The highest BCUT2D eigenvalue weighted by Gasteiger charge is 2.14. The Morgan fingerprint density at radius 2 is 2.12 bits per heavy atom. The van der Waals surface area contributed by atoms with Gasteiger partial charge in [0.25, 0.3) is 0 Å². The van der Waals surface area contributed by atoms with Gasteiger partial charge in [-0.1, -0.05) is 0 Å². The van der Waals surface area contributed by atoms with Crippen LogP contribution in [0.1, 0.15) is 6.92 Å². The Kier molecular flexibility index (Phi) is 5.09. The fourth-order valence-corrected chi connectivity index (χ4v) is 1.35. The lowest BCUT2D eigenvalue weighted by molar-refractivity contribution is 0.154. The molecular weight excluding hydrogens is 228 g/mol. The molecule has 0 amide bonds. The molecule has 0 saturated carbocycles. The van der Waals surface area contributed by atoms with Crippen molar-refractivity contribution in [3.63, 3.8) is 0 Å². The van der Waals surface area contributed by atoms with Crippen molar-refractivity contribution in [2.45, 2.75) is 6.92 Å². The molecule has 1 aromatic heterocycles. The number of ether oxygens (including phenoxy) is 1. The molecule has 0 fully saturated rings. The van der Waals surface area contributed by atoms with E-state index in [1.54, 1.807) is 11.9 Å². The summed E-state index contributed by atoms with van der Waals surface area (Å²) in [6.45, 7) is 3.46. The predicted molar refractivity (Wildman–Crippen MR) is 63.5 cm³/mol. The summed E-state index contributed by atoms with van der Waals surface area (Å²) in [6, 6.07) is 0.825. The van der Waals surface area contributed by atoms with E-state index in [1.165, 1.54) is 7.05 Å². The van der Waals surface area contributed by atoms with Crippen molar-refractivity contribution in [3.05, 3.63) is 17.7 Å². The quantitative estimate of drug-likeness (QED) is 0.776. The number of halogens is 2. The second kappa shape index (κ2) is 6.34. The molecule has 1 N–H and O–H groups in total. The number of pyridine rings is 1. The summed E-state index contributed by atoms with van der Waals surface area (Å²) in [4.78, 5) is 5.47. The van der Waals surface area contributed by atoms with E-state index < -0.39 is 11.6 Å². The van der Waals surface area contributed by atoms with Crippen LogP contribution in [0.5, 0.6) is 0 Å². The van der Waals surface area contributed by atoms with Gasteiger partial charge in [-0.3, -0.25) is 0 Å². The zero-order valence-electron chi connectivity index (χ0n) is 10.3. The van der Waals surface area contributed by atoms with Crippen molar-refractivity contribution in [1.82, 2.24) is 4.98 Å². The third kappa shape index (κ3) is 3.52. The van der Waals surface area contributed by atoms with Gasteiger partial charge < -0.3 is 15.0 Å². The van der Waals surface area contributed by atoms with Crippen molar-refractivity contribution in [2.75, 3.05) is 44.1 Å². The molecular formula is C11H17F2N3O. The average molecular weight is 245 g/mol. The number of aromatic nitrogens is 1. The fraction of sp³-hybridized carbons (Fsp3) is 0.545. The maximum atomic E-state index is 13.5. The van der Waals surface area contributed by atoms with E-state index in [1.807, 2.05) is 6.92 Å². The summed E-state index contributed by atoms with van der Waals surface area (Å²) >= 11 is 0. The molecule has 17 heavy (non-hydrogen) atoms. The molecule has 1 aromatic rings. The molecule has 0 aromatic carbocycles. The average Bonchev–Trinajstić information content (AvgIpc) is 2.29. The van der Waals surface area contributed by atoms with Crippen LogP contribution in [0.3, 0.4) is 0 Å². The molecule has 0 unspecified atom stereocenters. The van der Waals surface area contributed by atoms with E-state index in [2.05, 4.69) is 10.3 Å². The number of hydrogen-bond acceptors (Lipinski definition) is 4. The summed E-state index contributed by atoms with van der Waals surface area (Å²) in [5.41, 5.74) is 0. The lowest BCUT2D eigenvalue weighted by Crippen LogP contribution is -2.25. The summed E-state index contributed by atoms with van der Waals surface area (Å²) in [5.74, 6) is -1.24. The zero-order chi connectivity index (χ0) is 12.8. The van der Waals surface area contributed by atoms with Crippen molar-refractivity contribution in [2.24, 2.45) is 0 Å². The standard InChI is InChI=1S/C11H17F2N3O/c1-4-17-6-5-16(3)11-9(13)7-8(12)10(14-2)15-11/h7H,4-6H2,1-3H3,(H,14,15). The molecule has 0 aliphatic heterocycles. The van der Waals surface area contributed by atoms with Gasteiger partial charge in [0.15, 0.2) is 23.3 Å². The van der Waals surface area contributed by atoms with Crippen molar-refractivity contribution in [3.8, 4) is 0 Å². The van der Waals surface area contributed by atoms with Crippen LogP contribution in [0.25, 0.3) is 0 Å². The first-order valence-electron chi connectivity index (χ1n) is 5.42. The minimum absolute atomic E-state index is 0.0321. The minimum atomic E-state index is -0.702. The molecule has 4 nitrogen and oxygen atoms in total. The third-order valence-electron chi connectivity index (χ3n) is 2.28. The van der Waals surface area contributed by atoms with Crippen LogP contribution in [0.15, 0.2) is 6.07 Å². The Balaban J connectivity index is 2.81. The van der Waals surface area contributed by atoms with Gasteiger partial charge in [0.05, 0.1) is 6.61 Å². The van der Waals surface area contributed by atoms with Crippen LogP contribution in [-0.4, -0.2) is 38.8 Å². The zero-order valence-corrected chi connectivity index (χ0v) is 10.3. The van der Waals surface area contributed by atoms with Crippen LogP contribution < -0.4 is 10.2 Å². The maximum Gasteiger partial charge on any atom is 0.168 e. The highest BCUT2D eigenvalue weighted by atomic mass is 19.1. The highest BCUT2D eigenvalue weighted by Crippen LogP contribution is 2.20.